The fraction of sp³-hybridized carbons (Fsp3) is 0.273. The number of fused-ring (bicyclic) bond motifs is 5. The molecular weight excluding hydrogens is 587 g/mol. The van der Waals surface area contributed by atoms with Crippen LogP contribution in [-0.2, 0) is 9.59 Å². The zero-order chi connectivity index (χ0) is 32.5. The Morgan fingerprint density at radius 1 is 1.11 bits per heavy atom. The van der Waals surface area contributed by atoms with Gasteiger partial charge in [-0.2, -0.15) is 0 Å². The molecule has 12 heteroatoms. The highest BCUT2D eigenvalue weighted by Crippen LogP contribution is 2.45. The summed E-state index contributed by atoms with van der Waals surface area (Å²) < 4.78 is 49.3. The van der Waals surface area contributed by atoms with Crippen LogP contribution in [0.15, 0.2) is 54.0 Å². The second-order valence-electron chi connectivity index (χ2n) is 11.7. The highest BCUT2D eigenvalue weighted by molar-refractivity contribution is 6.12. The second kappa shape index (κ2) is 10.8. The molecule has 0 bridgehead atoms. The van der Waals surface area contributed by atoms with E-state index in [0.29, 0.717) is 11.3 Å². The number of pyridine rings is 2. The van der Waals surface area contributed by atoms with Gasteiger partial charge in [-0.25, -0.2) is 13.2 Å². The Morgan fingerprint density at radius 3 is 2.51 bits per heavy atom. The molecule has 2 unspecified atom stereocenters. The number of phenolic OH excluding ortho intramolecular Hbond substituents is 1. The Balaban J connectivity index is 1.77. The van der Waals surface area contributed by atoms with E-state index < -0.39 is 57.9 Å². The van der Waals surface area contributed by atoms with Crippen molar-refractivity contribution in [2.24, 2.45) is 0 Å². The Bertz CT molecular complexity index is 1990. The lowest BCUT2D eigenvalue weighted by molar-refractivity contribution is -0.130. The van der Waals surface area contributed by atoms with Gasteiger partial charge in [-0.05, 0) is 55.7 Å². The lowest BCUT2D eigenvalue weighted by atomic mass is 9.95. The molecule has 45 heavy (non-hydrogen) atoms. The largest absolute Gasteiger partial charge is 0.507 e. The minimum Gasteiger partial charge on any atom is -0.507 e. The molecule has 4 heterocycles. The van der Waals surface area contributed by atoms with Gasteiger partial charge in [-0.3, -0.25) is 23.9 Å². The van der Waals surface area contributed by atoms with Gasteiger partial charge in [-0.1, -0.05) is 26.5 Å². The number of carbonyl (C=O) groups excluding carboxylic acids is 2. The molecule has 4 aromatic rings. The van der Waals surface area contributed by atoms with Crippen molar-refractivity contribution < 1.29 is 27.9 Å². The Kier molecular flexibility index (Phi) is 7.18. The lowest BCUT2D eigenvalue weighted by Crippen LogP contribution is -2.64. The number of hydrogen-bond donors (Lipinski definition) is 2. The smallest absolute Gasteiger partial charge is 0.281 e. The summed E-state index contributed by atoms with van der Waals surface area (Å²) in [5, 5.41) is 13.1. The van der Waals surface area contributed by atoms with Crippen molar-refractivity contribution in [3.8, 4) is 22.6 Å². The summed E-state index contributed by atoms with van der Waals surface area (Å²) in [4.78, 5) is 48.1. The Morgan fingerprint density at radius 2 is 1.84 bits per heavy atom. The molecule has 2 aromatic carbocycles. The van der Waals surface area contributed by atoms with Crippen molar-refractivity contribution in [2.75, 3.05) is 23.3 Å². The van der Waals surface area contributed by atoms with Crippen LogP contribution >= 0.6 is 0 Å². The number of benzene rings is 2. The number of phenols is 1. The summed E-state index contributed by atoms with van der Waals surface area (Å²) in [5.74, 6) is -5.44. The topological polar surface area (TPSA) is 108 Å². The van der Waals surface area contributed by atoms with Gasteiger partial charge < -0.3 is 20.2 Å². The van der Waals surface area contributed by atoms with Crippen molar-refractivity contribution in [1.82, 2.24) is 14.5 Å². The average Bonchev–Trinajstić information content (AvgIpc) is 2.98. The minimum atomic E-state index is -1.29. The first kappa shape index (κ1) is 29.9. The summed E-state index contributed by atoms with van der Waals surface area (Å²) in [5.41, 5.74) is -1.67. The van der Waals surface area contributed by atoms with E-state index in [9.17, 15) is 19.5 Å². The van der Waals surface area contributed by atoms with Crippen LogP contribution in [-0.4, -0.2) is 56.5 Å². The summed E-state index contributed by atoms with van der Waals surface area (Å²) in [6.07, 6.45) is 2.69. The Labute approximate surface area is 256 Å². The maximum atomic E-state index is 17.1. The van der Waals surface area contributed by atoms with Crippen LogP contribution < -0.4 is 15.8 Å². The quantitative estimate of drug-likeness (QED) is 0.307. The van der Waals surface area contributed by atoms with Crippen molar-refractivity contribution in [2.45, 2.75) is 45.7 Å². The van der Waals surface area contributed by atoms with E-state index >= 15 is 13.2 Å². The zero-order valence-corrected chi connectivity index (χ0v) is 25.0. The van der Waals surface area contributed by atoms with E-state index in [0.717, 1.165) is 28.8 Å². The molecule has 2 N–H and O–H groups in total. The third kappa shape index (κ3) is 4.46. The van der Waals surface area contributed by atoms with E-state index in [4.69, 9.17) is 0 Å². The normalized spacial score (nSPS) is 17.7. The highest BCUT2D eigenvalue weighted by Gasteiger charge is 2.44. The maximum Gasteiger partial charge on any atom is 0.281 e. The van der Waals surface area contributed by atoms with Crippen molar-refractivity contribution in [3.63, 3.8) is 0 Å². The minimum absolute atomic E-state index is 0.0610. The molecule has 2 aromatic heterocycles. The first-order valence-electron chi connectivity index (χ1n) is 14.4. The van der Waals surface area contributed by atoms with Crippen molar-refractivity contribution in [1.29, 1.82) is 0 Å². The molecule has 1 fully saturated rings. The molecule has 2 aliphatic heterocycles. The number of hydrogen-bond acceptors (Lipinski definition) is 6. The van der Waals surface area contributed by atoms with E-state index in [1.165, 1.54) is 11.0 Å². The molecule has 0 radical (unpaired) electrons. The average molecular weight is 618 g/mol. The van der Waals surface area contributed by atoms with E-state index in [-0.39, 0.29) is 52.9 Å². The number of halogens is 3. The van der Waals surface area contributed by atoms with Crippen molar-refractivity contribution >= 4 is 34.1 Å². The SMILES string of the molecule is C=CC(=O)N1CC2C(=O)Nc3c(c4cc(F)c(-c5c(O)cccc5F)c(F)c4n(-c4c(C)ccnc4C(C)C)c3=O)N2CC1C. The molecule has 2 aliphatic rings. The molecule has 0 spiro atoms. The van der Waals surface area contributed by atoms with Gasteiger partial charge >= 0.3 is 0 Å². The zero-order valence-electron chi connectivity index (χ0n) is 25.0. The number of piperazine rings is 1. The van der Waals surface area contributed by atoms with Gasteiger partial charge in [-0.15, -0.1) is 0 Å². The van der Waals surface area contributed by atoms with Gasteiger partial charge in [0.1, 0.15) is 29.1 Å². The van der Waals surface area contributed by atoms with E-state index in [2.05, 4.69) is 16.9 Å². The predicted octanol–water partition coefficient (Wildman–Crippen LogP) is 5.15. The van der Waals surface area contributed by atoms with Crippen LogP contribution in [0.25, 0.3) is 27.7 Å². The number of aromatic nitrogens is 2. The molecule has 2 atom stereocenters. The number of amides is 2. The van der Waals surface area contributed by atoms with Gasteiger partial charge in [0.15, 0.2) is 5.82 Å². The monoisotopic (exact) mass is 617 g/mol. The number of anilines is 2. The summed E-state index contributed by atoms with van der Waals surface area (Å²) >= 11 is 0. The molecule has 6 rings (SSSR count). The third-order valence-electron chi connectivity index (χ3n) is 8.53. The molecular formula is C33H30F3N5O4. The number of nitrogens with one attached hydrogen (secondary N) is 1. The van der Waals surface area contributed by atoms with Gasteiger partial charge in [0, 0.05) is 24.2 Å². The fourth-order valence-electron chi connectivity index (χ4n) is 6.43. The van der Waals surface area contributed by atoms with Crippen LogP contribution in [0.4, 0.5) is 24.5 Å². The third-order valence-corrected chi connectivity index (χ3v) is 8.53. The van der Waals surface area contributed by atoms with Crippen LogP contribution in [0.1, 0.15) is 37.9 Å². The van der Waals surface area contributed by atoms with Gasteiger partial charge in [0.05, 0.1) is 40.3 Å². The molecule has 2 amide bonds. The standard InChI is InChI=1S/C33H30F3N5O4/c1-6-23(43)39-14-21-32(44)38-28-31(40(21)13-17(39)5)18-12-20(35)25(24-19(34)8-7-9-22(24)42)26(36)30(18)41(33(28)45)29-16(4)10-11-37-27(29)15(2)3/h6-12,15,17,21,42H,1,13-14H2,2-5H3,(H,38,44). The molecule has 0 saturated carbocycles. The summed E-state index contributed by atoms with van der Waals surface area (Å²) in [7, 11) is 0. The molecule has 9 nitrogen and oxygen atoms in total. The van der Waals surface area contributed by atoms with Crippen LogP contribution in [0.2, 0.25) is 0 Å². The number of carbonyl (C=O) groups is 2. The summed E-state index contributed by atoms with van der Waals surface area (Å²) in [6.45, 7) is 10.7. The molecule has 1 saturated heterocycles. The maximum absolute atomic E-state index is 17.1. The van der Waals surface area contributed by atoms with Gasteiger partial charge in [0.25, 0.3) is 5.56 Å². The molecule has 0 aliphatic carbocycles. The number of nitrogens with zero attached hydrogens (tertiary/aromatic N) is 4. The first-order valence-corrected chi connectivity index (χ1v) is 14.4. The van der Waals surface area contributed by atoms with E-state index in [1.807, 2.05) is 13.8 Å². The Hall–Kier alpha value is -5.13. The lowest BCUT2D eigenvalue weighted by Gasteiger charge is -2.48. The van der Waals surface area contributed by atoms with Crippen LogP contribution in [0.3, 0.4) is 0 Å². The first-order chi connectivity index (χ1) is 21.4. The van der Waals surface area contributed by atoms with Crippen LogP contribution in [0.5, 0.6) is 5.75 Å². The second-order valence-corrected chi connectivity index (χ2v) is 11.7. The van der Waals surface area contributed by atoms with Crippen molar-refractivity contribution in [3.05, 3.63) is 88.2 Å². The van der Waals surface area contributed by atoms with Crippen LogP contribution in [0, 0.1) is 24.4 Å². The fourth-order valence-corrected chi connectivity index (χ4v) is 6.43. The summed E-state index contributed by atoms with van der Waals surface area (Å²) in [6, 6.07) is 4.45. The number of rotatable bonds is 4. The number of aryl methyl sites for hydroxylation is 1. The predicted molar refractivity (Wildman–Crippen MR) is 164 cm³/mol. The van der Waals surface area contributed by atoms with E-state index in [1.54, 1.807) is 31.0 Å². The van der Waals surface area contributed by atoms with Gasteiger partial charge in [0.2, 0.25) is 11.8 Å². The molecule has 232 valence electrons. The number of aromatic hydroxyl groups is 1. The highest BCUT2D eigenvalue weighted by atomic mass is 19.1.